The van der Waals surface area contributed by atoms with Gasteiger partial charge in [-0.3, -0.25) is 4.90 Å². The van der Waals surface area contributed by atoms with E-state index < -0.39 is 6.36 Å². The summed E-state index contributed by atoms with van der Waals surface area (Å²) in [6.45, 7) is 0.778. The van der Waals surface area contributed by atoms with Gasteiger partial charge in [0.05, 0.1) is 0 Å². The van der Waals surface area contributed by atoms with Crippen molar-refractivity contribution in [3.63, 3.8) is 0 Å². The van der Waals surface area contributed by atoms with E-state index in [9.17, 15) is 18.3 Å². The van der Waals surface area contributed by atoms with Gasteiger partial charge in [0.25, 0.3) is 0 Å². The molecular formula is C18H16F3NO2. The highest BCUT2D eigenvalue weighted by Crippen LogP contribution is 2.49. The Labute approximate surface area is 137 Å². The number of phenols is 1. The van der Waals surface area contributed by atoms with Gasteiger partial charge < -0.3 is 9.84 Å². The lowest BCUT2D eigenvalue weighted by molar-refractivity contribution is -0.274. The van der Waals surface area contributed by atoms with Crippen LogP contribution in [0.15, 0.2) is 30.3 Å². The minimum absolute atomic E-state index is 0.0885. The summed E-state index contributed by atoms with van der Waals surface area (Å²) in [5.41, 5.74) is 4.07. The molecule has 0 amide bonds. The summed E-state index contributed by atoms with van der Waals surface area (Å²) in [6.07, 6.45) is -3.34. The van der Waals surface area contributed by atoms with Crippen LogP contribution in [0.1, 0.15) is 22.7 Å². The Kier molecular flexibility index (Phi) is 3.28. The van der Waals surface area contributed by atoms with Crippen molar-refractivity contribution in [2.45, 2.75) is 25.2 Å². The van der Waals surface area contributed by atoms with Crippen LogP contribution in [0, 0.1) is 0 Å². The van der Waals surface area contributed by atoms with Crippen LogP contribution >= 0.6 is 0 Å². The van der Waals surface area contributed by atoms with Gasteiger partial charge in [-0.15, -0.1) is 13.2 Å². The number of hydrogen-bond donors (Lipinski definition) is 1. The zero-order valence-electron chi connectivity index (χ0n) is 13.0. The lowest BCUT2D eigenvalue weighted by atomic mass is 9.77. The Morgan fingerprint density at radius 3 is 2.75 bits per heavy atom. The normalized spacial score (nSPS) is 19.6. The van der Waals surface area contributed by atoms with E-state index in [0.717, 1.165) is 29.7 Å². The molecule has 0 bridgehead atoms. The van der Waals surface area contributed by atoms with Crippen molar-refractivity contribution in [2.24, 2.45) is 0 Å². The fourth-order valence-corrected chi connectivity index (χ4v) is 3.89. The van der Waals surface area contributed by atoms with Gasteiger partial charge in [0.1, 0.15) is 11.5 Å². The zero-order chi connectivity index (χ0) is 17.1. The van der Waals surface area contributed by atoms with Crippen LogP contribution in [0.3, 0.4) is 0 Å². The predicted octanol–water partition coefficient (Wildman–Crippen LogP) is 4.04. The minimum atomic E-state index is -4.73. The number of rotatable bonds is 1. The molecule has 6 heteroatoms. The number of nitrogens with zero attached hydrogens (tertiary/aromatic N) is 1. The second-order valence-electron chi connectivity index (χ2n) is 6.35. The molecule has 126 valence electrons. The molecule has 1 atom stereocenters. The first-order valence-corrected chi connectivity index (χ1v) is 7.77. The number of phenolic OH excluding ortho intramolecular Hbond substituents is 1. The first kappa shape index (κ1) is 15.3. The average molecular weight is 335 g/mol. The average Bonchev–Trinajstić information content (AvgIpc) is 2.49. The number of ether oxygens (including phenoxy) is 1. The van der Waals surface area contributed by atoms with Crippen LogP contribution in [-0.4, -0.2) is 30.0 Å². The van der Waals surface area contributed by atoms with E-state index in [4.69, 9.17) is 0 Å². The highest BCUT2D eigenvalue weighted by atomic mass is 19.4. The summed E-state index contributed by atoms with van der Waals surface area (Å²) in [4.78, 5) is 2.21. The molecule has 3 nitrogen and oxygen atoms in total. The van der Waals surface area contributed by atoms with E-state index in [-0.39, 0.29) is 17.5 Å². The molecule has 2 aromatic carbocycles. The molecule has 0 radical (unpaired) electrons. The third-order valence-electron chi connectivity index (χ3n) is 4.88. The van der Waals surface area contributed by atoms with Crippen molar-refractivity contribution in [1.29, 1.82) is 0 Å². The van der Waals surface area contributed by atoms with Crippen molar-refractivity contribution in [1.82, 2.24) is 4.90 Å². The second kappa shape index (κ2) is 5.14. The quantitative estimate of drug-likeness (QED) is 0.854. The van der Waals surface area contributed by atoms with Crippen LogP contribution in [0.2, 0.25) is 0 Å². The number of benzene rings is 2. The predicted molar refractivity (Wildman–Crippen MR) is 83.0 cm³/mol. The SMILES string of the molecule is CN1CCc2cc(OC(F)(F)F)cc3c2[C@H]1Cc1cccc(O)c1-3. The molecule has 0 spiro atoms. The molecule has 1 N–H and O–H groups in total. The van der Waals surface area contributed by atoms with E-state index in [2.05, 4.69) is 9.64 Å². The number of likely N-dealkylation sites (N-methyl/N-ethyl adjacent to an activating group) is 1. The number of halogens is 3. The van der Waals surface area contributed by atoms with Gasteiger partial charge in [0.2, 0.25) is 0 Å². The Bertz CT molecular complexity index is 817. The lowest BCUT2D eigenvalue weighted by Crippen LogP contribution is -2.35. The smallest absolute Gasteiger partial charge is 0.507 e. The Morgan fingerprint density at radius 1 is 1.21 bits per heavy atom. The molecule has 0 saturated heterocycles. The highest BCUT2D eigenvalue weighted by Gasteiger charge is 2.36. The van der Waals surface area contributed by atoms with Gasteiger partial charge in [0.15, 0.2) is 0 Å². The maximum atomic E-state index is 12.7. The summed E-state index contributed by atoms with van der Waals surface area (Å²) in [6, 6.07) is 8.23. The van der Waals surface area contributed by atoms with Crippen molar-refractivity contribution in [3.8, 4) is 22.6 Å². The van der Waals surface area contributed by atoms with E-state index in [1.165, 1.54) is 12.1 Å². The number of hydrogen-bond acceptors (Lipinski definition) is 3. The molecule has 4 rings (SSSR count). The van der Waals surface area contributed by atoms with Gasteiger partial charge in [-0.2, -0.15) is 0 Å². The number of fused-ring (bicyclic) bond motifs is 2. The first-order chi connectivity index (χ1) is 11.3. The fourth-order valence-electron chi connectivity index (χ4n) is 3.89. The van der Waals surface area contributed by atoms with Gasteiger partial charge in [-0.05, 0) is 60.3 Å². The van der Waals surface area contributed by atoms with E-state index >= 15 is 0 Å². The maximum Gasteiger partial charge on any atom is 0.573 e. The first-order valence-electron chi connectivity index (χ1n) is 7.77. The third kappa shape index (κ3) is 2.41. The summed E-state index contributed by atoms with van der Waals surface area (Å²) < 4.78 is 42.1. The van der Waals surface area contributed by atoms with E-state index in [1.807, 2.05) is 13.1 Å². The molecule has 1 heterocycles. The third-order valence-corrected chi connectivity index (χ3v) is 4.88. The van der Waals surface area contributed by atoms with Crippen molar-refractivity contribution >= 4 is 0 Å². The van der Waals surface area contributed by atoms with Crippen LogP contribution < -0.4 is 4.74 Å². The van der Waals surface area contributed by atoms with Crippen LogP contribution in [-0.2, 0) is 12.8 Å². The molecular weight excluding hydrogens is 319 g/mol. The minimum Gasteiger partial charge on any atom is -0.507 e. The standard InChI is InChI=1S/C18H16F3NO2/c1-22-6-5-11-7-12(24-18(19,20)21)9-13-16(11)14(22)8-10-3-2-4-15(23)17(10)13/h2-4,7,9,14,23H,5-6,8H2,1H3/t14-/m1/s1. The maximum absolute atomic E-state index is 12.7. The van der Waals surface area contributed by atoms with Gasteiger partial charge >= 0.3 is 6.36 Å². The summed E-state index contributed by atoms with van der Waals surface area (Å²) in [7, 11) is 2.02. The molecule has 24 heavy (non-hydrogen) atoms. The second-order valence-corrected chi connectivity index (χ2v) is 6.35. The zero-order valence-corrected chi connectivity index (χ0v) is 13.0. The molecule has 1 aliphatic heterocycles. The largest absolute Gasteiger partial charge is 0.573 e. The number of alkyl halides is 3. The monoisotopic (exact) mass is 335 g/mol. The summed E-state index contributed by atoms with van der Waals surface area (Å²) in [5, 5.41) is 10.3. The topological polar surface area (TPSA) is 32.7 Å². The van der Waals surface area contributed by atoms with Crippen molar-refractivity contribution in [3.05, 3.63) is 47.0 Å². The molecule has 0 aromatic heterocycles. The van der Waals surface area contributed by atoms with Crippen LogP contribution in [0.5, 0.6) is 11.5 Å². The Morgan fingerprint density at radius 2 is 2.00 bits per heavy atom. The van der Waals surface area contributed by atoms with Gasteiger partial charge in [-0.1, -0.05) is 12.1 Å². The van der Waals surface area contributed by atoms with Crippen LogP contribution in [0.25, 0.3) is 11.1 Å². The van der Waals surface area contributed by atoms with E-state index in [0.29, 0.717) is 17.5 Å². The van der Waals surface area contributed by atoms with Gasteiger partial charge in [0, 0.05) is 18.2 Å². The van der Waals surface area contributed by atoms with Crippen LogP contribution in [0.4, 0.5) is 13.2 Å². The number of aromatic hydroxyl groups is 1. The summed E-state index contributed by atoms with van der Waals surface area (Å²) in [5.74, 6) is -0.138. The molecule has 2 aromatic rings. The van der Waals surface area contributed by atoms with E-state index in [1.54, 1.807) is 12.1 Å². The fraction of sp³-hybridized carbons (Fsp3) is 0.333. The molecule has 1 aliphatic carbocycles. The lowest BCUT2D eigenvalue weighted by Gasteiger charge is -2.40. The highest BCUT2D eigenvalue weighted by molar-refractivity contribution is 5.81. The molecule has 0 unspecified atom stereocenters. The van der Waals surface area contributed by atoms with Crippen molar-refractivity contribution < 1.29 is 23.0 Å². The Hall–Kier alpha value is -2.21. The molecule has 2 aliphatic rings. The summed E-state index contributed by atoms with van der Waals surface area (Å²) >= 11 is 0. The molecule has 0 fully saturated rings. The van der Waals surface area contributed by atoms with Gasteiger partial charge in [-0.25, -0.2) is 0 Å². The molecule has 0 saturated carbocycles. The Balaban J connectivity index is 1.96. The van der Waals surface area contributed by atoms with Crippen molar-refractivity contribution in [2.75, 3.05) is 13.6 Å².